The van der Waals surface area contributed by atoms with Crippen molar-refractivity contribution in [2.45, 2.75) is 82.6 Å². The third-order valence-electron chi connectivity index (χ3n) is 11.1. The van der Waals surface area contributed by atoms with Gasteiger partial charge < -0.3 is 30.5 Å². The lowest BCUT2D eigenvalue weighted by molar-refractivity contribution is -0.181. The lowest BCUT2D eigenvalue weighted by Crippen LogP contribution is -2.61. The summed E-state index contributed by atoms with van der Waals surface area (Å²) in [6.07, 6.45) is 4.24. The fourth-order valence-corrected chi connectivity index (χ4v) is 8.71. The van der Waals surface area contributed by atoms with Crippen molar-refractivity contribution in [2.24, 2.45) is 28.6 Å². The number of carbonyl (C=O) groups is 5. The predicted molar refractivity (Wildman–Crippen MR) is 159 cm³/mol. The van der Waals surface area contributed by atoms with Crippen molar-refractivity contribution in [1.82, 2.24) is 5.32 Å². The van der Waals surface area contributed by atoms with E-state index < -0.39 is 77.8 Å². The molecule has 45 heavy (non-hydrogen) atoms. The second kappa shape index (κ2) is 12.3. The van der Waals surface area contributed by atoms with Crippen LogP contribution in [0.1, 0.15) is 70.5 Å². The van der Waals surface area contributed by atoms with E-state index in [1.165, 1.54) is 12.1 Å². The largest absolute Gasteiger partial charge is 0.480 e. The van der Waals surface area contributed by atoms with Gasteiger partial charge in [0.1, 0.15) is 11.7 Å². The molecule has 5 unspecified atom stereocenters. The number of esters is 1. The van der Waals surface area contributed by atoms with Crippen LogP contribution in [0.3, 0.4) is 0 Å². The summed E-state index contributed by atoms with van der Waals surface area (Å²) in [4.78, 5) is 62.1. The molecule has 0 bridgehead atoms. The molecule has 1 aromatic rings. The van der Waals surface area contributed by atoms with Gasteiger partial charge in [0.25, 0.3) is 0 Å². The summed E-state index contributed by atoms with van der Waals surface area (Å²) in [7, 11) is 0. The Balaban J connectivity index is 1.17. The van der Waals surface area contributed by atoms with E-state index in [2.05, 4.69) is 5.32 Å². The highest BCUT2D eigenvalue weighted by molar-refractivity contribution is 6.01. The number of carboxylic acids is 1. The zero-order chi connectivity index (χ0) is 32.7. The number of aliphatic hydroxyl groups excluding tert-OH is 2. The first-order valence-electron chi connectivity index (χ1n) is 15.5. The summed E-state index contributed by atoms with van der Waals surface area (Å²) in [5, 5.41) is 45.5. The van der Waals surface area contributed by atoms with Crippen molar-refractivity contribution in [2.75, 3.05) is 6.61 Å². The van der Waals surface area contributed by atoms with E-state index in [9.17, 15) is 44.4 Å². The molecule has 0 heterocycles. The van der Waals surface area contributed by atoms with Crippen LogP contribution in [0, 0.1) is 28.6 Å². The SMILES string of the molecule is C[C@]12C=CC(=O)C=C1CCC1C2[C@@H](O)C[C@@]2(C)C1CC[C@]2(O)C(=O)COC(=O)CCC(=O)NC(C(=O)O)C(O)c1ccccc1. The fraction of sp³-hybridized carbons (Fsp3) is 0.559. The normalized spacial score (nSPS) is 34.8. The number of amides is 1. The van der Waals surface area contributed by atoms with Crippen LogP contribution in [0.4, 0.5) is 0 Å². The van der Waals surface area contributed by atoms with E-state index in [1.54, 1.807) is 30.4 Å². The quantitative estimate of drug-likeness (QED) is 0.242. The Morgan fingerprint density at radius 1 is 1.09 bits per heavy atom. The molecule has 0 spiro atoms. The predicted octanol–water partition coefficient (Wildman–Crippen LogP) is 2.19. The molecular weight excluding hydrogens is 582 g/mol. The first-order chi connectivity index (χ1) is 21.2. The molecule has 0 saturated heterocycles. The second-order valence-corrected chi connectivity index (χ2v) is 13.4. The number of carboxylic acid groups (broad SMARTS) is 1. The van der Waals surface area contributed by atoms with Gasteiger partial charge in [-0.15, -0.1) is 0 Å². The Kier molecular flexibility index (Phi) is 8.91. The van der Waals surface area contributed by atoms with Crippen molar-refractivity contribution in [3.05, 3.63) is 59.7 Å². The Bertz CT molecular complexity index is 1440. The number of ether oxygens (including phenoxy) is 1. The van der Waals surface area contributed by atoms with Crippen molar-refractivity contribution < 1.29 is 49.1 Å². The number of hydrogen-bond acceptors (Lipinski definition) is 9. The van der Waals surface area contributed by atoms with Gasteiger partial charge in [-0.2, -0.15) is 0 Å². The van der Waals surface area contributed by atoms with Gasteiger partial charge in [-0.05, 0) is 61.7 Å². The van der Waals surface area contributed by atoms with Crippen LogP contribution in [-0.4, -0.2) is 74.2 Å². The van der Waals surface area contributed by atoms with E-state index in [1.807, 2.05) is 19.9 Å². The minimum Gasteiger partial charge on any atom is -0.480 e. The number of nitrogens with one attached hydrogen (secondary N) is 1. The maximum absolute atomic E-state index is 13.5. The van der Waals surface area contributed by atoms with Gasteiger partial charge in [0.2, 0.25) is 11.7 Å². The van der Waals surface area contributed by atoms with Crippen molar-refractivity contribution >= 4 is 29.4 Å². The molecule has 11 nitrogen and oxygen atoms in total. The Morgan fingerprint density at radius 2 is 1.80 bits per heavy atom. The minimum atomic E-state index is -1.82. The highest BCUT2D eigenvalue weighted by atomic mass is 16.5. The monoisotopic (exact) mass is 623 g/mol. The molecular formula is C34H41NO10. The molecule has 5 N–H and O–H groups in total. The number of allylic oxidation sites excluding steroid dienone is 4. The van der Waals surface area contributed by atoms with E-state index in [0.717, 1.165) is 12.0 Å². The summed E-state index contributed by atoms with van der Waals surface area (Å²) >= 11 is 0. The summed E-state index contributed by atoms with van der Waals surface area (Å²) in [5.74, 6) is -4.04. The number of carbonyl (C=O) groups excluding carboxylic acids is 4. The van der Waals surface area contributed by atoms with E-state index >= 15 is 0 Å². The smallest absolute Gasteiger partial charge is 0.329 e. The lowest BCUT2D eigenvalue weighted by atomic mass is 9.46. The zero-order valence-corrected chi connectivity index (χ0v) is 25.5. The minimum absolute atomic E-state index is 0.0247. The van der Waals surface area contributed by atoms with Crippen LogP contribution in [0.15, 0.2) is 54.1 Å². The molecule has 0 aliphatic heterocycles. The molecule has 4 aliphatic rings. The van der Waals surface area contributed by atoms with Gasteiger partial charge in [-0.25, -0.2) is 4.79 Å². The maximum Gasteiger partial charge on any atom is 0.329 e. The topological polar surface area (TPSA) is 188 Å². The van der Waals surface area contributed by atoms with Crippen molar-refractivity contribution in [3.8, 4) is 0 Å². The number of Topliss-reactive ketones (excluding diaryl/α,β-unsaturated/α-hetero) is 1. The van der Waals surface area contributed by atoms with Gasteiger partial charge in [0.15, 0.2) is 18.4 Å². The molecule has 242 valence electrons. The number of aliphatic hydroxyl groups is 3. The first kappa shape index (κ1) is 32.7. The molecule has 11 heteroatoms. The average Bonchev–Trinajstić information content (AvgIpc) is 3.28. The molecule has 3 saturated carbocycles. The summed E-state index contributed by atoms with van der Waals surface area (Å²) in [6, 6.07) is 6.34. The first-order valence-corrected chi connectivity index (χ1v) is 15.5. The Hall–Kier alpha value is -3.67. The number of rotatable bonds is 10. The van der Waals surface area contributed by atoms with E-state index in [0.29, 0.717) is 18.4 Å². The van der Waals surface area contributed by atoms with Crippen LogP contribution in [0.25, 0.3) is 0 Å². The molecule has 0 aromatic heterocycles. The summed E-state index contributed by atoms with van der Waals surface area (Å²) in [5.41, 5.74) is -1.94. The van der Waals surface area contributed by atoms with E-state index in [4.69, 9.17) is 4.74 Å². The van der Waals surface area contributed by atoms with Gasteiger partial charge in [-0.3, -0.25) is 19.2 Å². The molecule has 3 fully saturated rings. The molecule has 0 radical (unpaired) electrons. The zero-order valence-electron chi connectivity index (χ0n) is 25.5. The Labute approximate surface area is 261 Å². The van der Waals surface area contributed by atoms with Crippen LogP contribution in [-0.2, 0) is 28.7 Å². The van der Waals surface area contributed by atoms with Gasteiger partial charge in [0.05, 0.1) is 12.5 Å². The van der Waals surface area contributed by atoms with Gasteiger partial charge in [-0.1, -0.05) is 55.8 Å². The highest BCUT2D eigenvalue weighted by Crippen LogP contribution is 2.67. The van der Waals surface area contributed by atoms with Crippen LogP contribution in [0.2, 0.25) is 0 Å². The standard InChI is InChI=1S/C34H41NO10/c1-32-14-12-21(36)16-20(32)8-9-22-23-13-15-34(44,33(23,2)17-24(37)28(22)32)25(38)18-45-27(40)11-10-26(39)35-29(31(42)43)30(41)19-6-4-3-5-7-19/h3-7,12,14,16,22-24,28-30,37,41,44H,8-11,13,15,17-18H2,1-2H3,(H,35,39)(H,42,43)/t22?,23?,24-,28?,29?,30?,32-,33-,34-/m0/s1. The summed E-state index contributed by atoms with van der Waals surface area (Å²) in [6.45, 7) is 3.16. The molecule has 4 aliphatic carbocycles. The summed E-state index contributed by atoms with van der Waals surface area (Å²) < 4.78 is 5.15. The molecule has 1 amide bonds. The molecule has 9 atom stereocenters. The van der Waals surface area contributed by atoms with Crippen molar-refractivity contribution in [1.29, 1.82) is 0 Å². The maximum atomic E-state index is 13.5. The Morgan fingerprint density at radius 3 is 2.49 bits per heavy atom. The average molecular weight is 624 g/mol. The molecule has 1 aromatic carbocycles. The van der Waals surface area contributed by atoms with Crippen molar-refractivity contribution in [3.63, 3.8) is 0 Å². The van der Waals surface area contributed by atoms with E-state index in [-0.39, 0.29) is 36.4 Å². The molecule has 5 rings (SSSR count). The van der Waals surface area contributed by atoms with Crippen LogP contribution >= 0.6 is 0 Å². The number of aliphatic carboxylic acids is 1. The highest BCUT2D eigenvalue weighted by Gasteiger charge is 2.68. The third-order valence-corrected chi connectivity index (χ3v) is 11.1. The number of ketones is 2. The number of fused-ring (bicyclic) bond motifs is 5. The number of benzene rings is 1. The van der Waals surface area contributed by atoms with Crippen LogP contribution < -0.4 is 5.32 Å². The second-order valence-electron chi connectivity index (χ2n) is 13.4. The lowest BCUT2D eigenvalue weighted by Gasteiger charge is -2.59. The van der Waals surface area contributed by atoms with Crippen LogP contribution in [0.5, 0.6) is 0 Å². The number of hydrogen-bond donors (Lipinski definition) is 5. The third kappa shape index (κ3) is 5.77. The van der Waals surface area contributed by atoms with Gasteiger partial charge >= 0.3 is 11.9 Å². The van der Waals surface area contributed by atoms with Gasteiger partial charge in [0, 0.05) is 23.2 Å². The fourth-order valence-electron chi connectivity index (χ4n) is 8.71.